The fraction of sp³-hybridized carbons (Fsp3) is 0.647. The lowest BCUT2D eigenvalue weighted by Crippen LogP contribution is -2.37. The molecule has 2 rings (SSSR count). The normalized spacial score (nSPS) is 18.3. The molecule has 106 valence electrons. The molecular weight excluding hydrogens is 232 g/mol. The molecular formula is C17H28N2. The zero-order valence-electron chi connectivity index (χ0n) is 12.4. The van der Waals surface area contributed by atoms with Crippen LogP contribution in [0.25, 0.3) is 0 Å². The molecule has 0 radical (unpaired) electrons. The number of anilines is 1. The van der Waals surface area contributed by atoms with Gasteiger partial charge in [0.05, 0.1) is 0 Å². The van der Waals surface area contributed by atoms with E-state index in [0.717, 1.165) is 13.0 Å². The molecule has 1 fully saturated rings. The molecule has 0 heterocycles. The molecule has 1 aliphatic carbocycles. The molecule has 0 amide bonds. The standard InChI is InChI=1S/C17H28N2/c1-3-16(18)15-12-8-9-13-17(15)19(4-2)14-10-6-5-7-11-14/h8-9,12-14,16H,3-7,10-11,18H2,1-2H3/t16-/m0/s1. The Labute approximate surface area is 118 Å². The van der Waals surface area contributed by atoms with Crippen molar-refractivity contribution >= 4 is 5.69 Å². The molecule has 0 unspecified atom stereocenters. The highest BCUT2D eigenvalue weighted by molar-refractivity contribution is 5.55. The molecule has 1 aromatic rings. The van der Waals surface area contributed by atoms with Gasteiger partial charge in [-0.25, -0.2) is 0 Å². The second-order valence-electron chi connectivity index (χ2n) is 5.65. The molecule has 2 nitrogen and oxygen atoms in total. The van der Waals surface area contributed by atoms with Gasteiger partial charge in [-0.2, -0.15) is 0 Å². The van der Waals surface area contributed by atoms with E-state index in [1.54, 1.807) is 0 Å². The first kappa shape index (κ1) is 14.4. The molecule has 0 aromatic heterocycles. The van der Waals surface area contributed by atoms with Gasteiger partial charge >= 0.3 is 0 Å². The third-order valence-corrected chi connectivity index (χ3v) is 4.44. The van der Waals surface area contributed by atoms with Crippen molar-refractivity contribution in [2.24, 2.45) is 5.73 Å². The van der Waals surface area contributed by atoms with E-state index in [1.165, 1.54) is 43.4 Å². The maximum Gasteiger partial charge on any atom is 0.0417 e. The van der Waals surface area contributed by atoms with Gasteiger partial charge in [-0.1, -0.05) is 44.4 Å². The van der Waals surface area contributed by atoms with Crippen molar-refractivity contribution in [2.45, 2.75) is 64.5 Å². The Morgan fingerprint density at radius 2 is 1.84 bits per heavy atom. The Bertz CT molecular complexity index is 383. The van der Waals surface area contributed by atoms with Crippen LogP contribution >= 0.6 is 0 Å². The smallest absolute Gasteiger partial charge is 0.0417 e. The number of rotatable bonds is 5. The summed E-state index contributed by atoms with van der Waals surface area (Å²) in [5.41, 5.74) is 8.97. The predicted molar refractivity (Wildman–Crippen MR) is 83.6 cm³/mol. The van der Waals surface area contributed by atoms with Crippen molar-refractivity contribution in [3.05, 3.63) is 29.8 Å². The topological polar surface area (TPSA) is 29.3 Å². The Balaban J connectivity index is 2.26. The van der Waals surface area contributed by atoms with Crippen molar-refractivity contribution in [1.29, 1.82) is 0 Å². The number of nitrogens with two attached hydrogens (primary N) is 1. The van der Waals surface area contributed by atoms with Crippen LogP contribution in [-0.2, 0) is 0 Å². The maximum atomic E-state index is 6.29. The SMILES string of the molecule is CC[C@H](N)c1ccccc1N(CC)C1CCCCC1. The summed E-state index contributed by atoms with van der Waals surface area (Å²) < 4.78 is 0. The Hall–Kier alpha value is -1.02. The number of hydrogen-bond acceptors (Lipinski definition) is 2. The summed E-state index contributed by atoms with van der Waals surface area (Å²) in [6.07, 6.45) is 7.84. The molecule has 2 heteroatoms. The third kappa shape index (κ3) is 3.30. The van der Waals surface area contributed by atoms with Crippen molar-refractivity contribution in [1.82, 2.24) is 0 Å². The Morgan fingerprint density at radius 3 is 2.47 bits per heavy atom. The van der Waals surface area contributed by atoms with Crippen molar-refractivity contribution in [2.75, 3.05) is 11.4 Å². The number of para-hydroxylation sites is 1. The largest absolute Gasteiger partial charge is 0.369 e. The fourth-order valence-corrected chi connectivity index (χ4v) is 3.30. The first-order chi connectivity index (χ1) is 9.27. The van der Waals surface area contributed by atoms with Crippen LogP contribution in [0.1, 0.15) is 64.0 Å². The van der Waals surface area contributed by atoms with E-state index < -0.39 is 0 Å². The van der Waals surface area contributed by atoms with Crippen molar-refractivity contribution in [3.63, 3.8) is 0 Å². The molecule has 0 aliphatic heterocycles. The van der Waals surface area contributed by atoms with E-state index in [0.29, 0.717) is 6.04 Å². The summed E-state index contributed by atoms with van der Waals surface area (Å²) in [5, 5.41) is 0. The molecule has 1 atom stereocenters. The van der Waals surface area contributed by atoms with Crippen LogP contribution in [-0.4, -0.2) is 12.6 Å². The second-order valence-corrected chi connectivity index (χ2v) is 5.65. The summed E-state index contributed by atoms with van der Waals surface area (Å²) in [4.78, 5) is 2.59. The lowest BCUT2D eigenvalue weighted by Gasteiger charge is -2.37. The monoisotopic (exact) mass is 260 g/mol. The van der Waals surface area contributed by atoms with Crippen LogP contribution in [0.5, 0.6) is 0 Å². The van der Waals surface area contributed by atoms with E-state index in [4.69, 9.17) is 5.73 Å². The Morgan fingerprint density at radius 1 is 1.16 bits per heavy atom. The summed E-state index contributed by atoms with van der Waals surface area (Å²) in [6, 6.07) is 9.59. The van der Waals surface area contributed by atoms with E-state index in [-0.39, 0.29) is 6.04 Å². The molecule has 1 saturated carbocycles. The van der Waals surface area contributed by atoms with E-state index >= 15 is 0 Å². The van der Waals surface area contributed by atoms with Gasteiger partial charge in [-0.05, 0) is 37.8 Å². The van der Waals surface area contributed by atoms with Crippen LogP contribution in [0, 0.1) is 0 Å². The van der Waals surface area contributed by atoms with Crippen LogP contribution in [0.4, 0.5) is 5.69 Å². The number of benzene rings is 1. The Kier molecular flexibility index (Phi) is 5.26. The van der Waals surface area contributed by atoms with Crippen LogP contribution in [0.15, 0.2) is 24.3 Å². The molecule has 19 heavy (non-hydrogen) atoms. The molecule has 1 aliphatic rings. The van der Waals surface area contributed by atoms with E-state index in [9.17, 15) is 0 Å². The van der Waals surface area contributed by atoms with Crippen molar-refractivity contribution < 1.29 is 0 Å². The second kappa shape index (κ2) is 6.95. The van der Waals surface area contributed by atoms with E-state index in [1.807, 2.05) is 0 Å². The first-order valence-corrected chi connectivity index (χ1v) is 7.89. The molecule has 0 spiro atoms. The minimum Gasteiger partial charge on any atom is -0.369 e. The van der Waals surface area contributed by atoms with Crippen LogP contribution < -0.4 is 10.6 Å². The van der Waals surface area contributed by atoms with Crippen LogP contribution in [0.2, 0.25) is 0 Å². The highest BCUT2D eigenvalue weighted by atomic mass is 15.2. The zero-order chi connectivity index (χ0) is 13.7. The number of nitrogens with zero attached hydrogens (tertiary/aromatic N) is 1. The highest BCUT2D eigenvalue weighted by Gasteiger charge is 2.22. The maximum absolute atomic E-state index is 6.29. The van der Waals surface area contributed by atoms with Gasteiger partial charge in [-0.15, -0.1) is 0 Å². The lowest BCUT2D eigenvalue weighted by molar-refractivity contribution is 0.417. The van der Waals surface area contributed by atoms with Gasteiger partial charge in [0.2, 0.25) is 0 Å². The van der Waals surface area contributed by atoms with Crippen LogP contribution in [0.3, 0.4) is 0 Å². The lowest BCUT2D eigenvalue weighted by atomic mass is 9.92. The minimum absolute atomic E-state index is 0.161. The quantitative estimate of drug-likeness (QED) is 0.857. The summed E-state index contributed by atoms with van der Waals surface area (Å²) in [6.45, 7) is 5.51. The van der Waals surface area contributed by atoms with Gasteiger partial charge in [0.25, 0.3) is 0 Å². The predicted octanol–water partition coefficient (Wildman–Crippen LogP) is 4.26. The third-order valence-electron chi connectivity index (χ3n) is 4.44. The fourth-order valence-electron chi connectivity index (χ4n) is 3.30. The average Bonchev–Trinajstić information content (AvgIpc) is 2.49. The minimum atomic E-state index is 0.161. The average molecular weight is 260 g/mol. The zero-order valence-corrected chi connectivity index (χ0v) is 12.4. The van der Waals surface area contributed by atoms with E-state index in [2.05, 4.69) is 43.0 Å². The van der Waals surface area contributed by atoms with Gasteiger partial charge in [-0.3, -0.25) is 0 Å². The summed E-state index contributed by atoms with van der Waals surface area (Å²) >= 11 is 0. The number of hydrogen-bond donors (Lipinski definition) is 1. The molecule has 2 N–H and O–H groups in total. The van der Waals surface area contributed by atoms with Gasteiger partial charge < -0.3 is 10.6 Å². The van der Waals surface area contributed by atoms with Gasteiger partial charge in [0.1, 0.15) is 0 Å². The summed E-state index contributed by atoms with van der Waals surface area (Å²) in [5.74, 6) is 0. The van der Waals surface area contributed by atoms with Gasteiger partial charge in [0.15, 0.2) is 0 Å². The molecule has 0 saturated heterocycles. The van der Waals surface area contributed by atoms with Crippen molar-refractivity contribution in [3.8, 4) is 0 Å². The first-order valence-electron chi connectivity index (χ1n) is 7.89. The van der Waals surface area contributed by atoms with Gasteiger partial charge in [0, 0.05) is 24.3 Å². The summed E-state index contributed by atoms with van der Waals surface area (Å²) in [7, 11) is 0. The molecule has 1 aromatic carbocycles. The highest BCUT2D eigenvalue weighted by Crippen LogP contribution is 2.32. The molecule has 0 bridgehead atoms.